The summed E-state index contributed by atoms with van der Waals surface area (Å²) in [5.74, 6) is -0.0664. The highest BCUT2D eigenvalue weighted by Gasteiger charge is 2.19. The van der Waals surface area contributed by atoms with Crippen LogP contribution in [-0.4, -0.2) is 11.9 Å². The monoisotopic (exact) mass is 362 g/mol. The summed E-state index contributed by atoms with van der Waals surface area (Å²) in [5.41, 5.74) is 7.62. The molecule has 5 heteroatoms. The van der Waals surface area contributed by atoms with Gasteiger partial charge in [0.1, 0.15) is 0 Å². The fourth-order valence-electron chi connectivity index (χ4n) is 1.33. The first kappa shape index (κ1) is 14.7. The number of nitrogens with one attached hydrogen (secondary N) is 1. The Labute approximate surface area is 118 Å². The van der Waals surface area contributed by atoms with Gasteiger partial charge in [0.15, 0.2) is 0 Å². The van der Waals surface area contributed by atoms with Crippen LogP contribution in [0.2, 0.25) is 0 Å². The first-order chi connectivity index (χ1) is 7.82. The van der Waals surface area contributed by atoms with Crippen LogP contribution < -0.4 is 11.1 Å². The molecule has 0 radical (unpaired) electrons. The first-order valence-electron chi connectivity index (χ1n) is 5.35. The van der Waals surface area contributed by atoms with Crippen molar-refractivity contribution in [1.29, 1.82) is 0 Å². The van der Waals surface area contributed by atoms with Crippen molar-refractivity contribution in [3.05, 3.63) is 26.6 Å². The SMILES string of the molecule is Cc1cc(Br)c(NC(=O)C(N)C(C)C)c(Br)c1. The average Bonchev–Trinajstić information content (AvgIpc) is 2.21. The average molecular weight is 364 g/mol. The van der Waals surface area contributed by atoms with E-state index in [9.17, 15) is 4.79 Å². The molecule has 3 nitrogen and oxygen atoms in total. The van der Waals surface area contributed by atoms with Crippen LogP contribution in [0.4, 0.5) is 5.69 Å². The number of hydrogen-bond donors (Lipinski definition) is 2. The predicted octanol–water partition coefficient (Wildman–Crippen LogP) is 3.44. The Morgan fingerprint density at radius 1 is 1.29 bits per heavy atom. The maximum absolute atomic E-state index is 11.9. The van der Waals surface area contributed by atoms with Crippen molar-refractivity contribution in [2.24, 2.45) is 11.7 Å². The van der Waals surface area contributed by atoms with E-state index < -0.39 is 6.04 Å². The minimum Gasteiger partial charge on any atom is -0.323 e. The van der Waals surface area contributed by atoms with Gasteiger partial charge in [-0.2, -0.15) is 0 Å². The van der Waals surface area contributed by atoms with Gasteiger partial charge in [0, 0.05) is 8.95 Å². The van der Waals surface area contributed by atoms with Gasteiger partial charge >= 0.3 is 0 Å². The van der Waals surface area contributed by atoms with Gasteiger partial charge in [-0.25, -0.2) is 0 Å². The molecule has 94 valence electrons. The van der Waals surface area contributed by atoms with E-state index in [0.29, 0.717) is 0 Å². The Kier molecular flexibility index (Phi) is 5.16. The van der Waals surface area contributed by atoms with Gasteiger partial charge in [-0.05, 0) is 62.4 Å². The van der Waals surface area contributed by atoms with Gasteiger partial charge in [-0.1, -0.05) is 13.8 Å². The zero-order chi connectivity index (χ0) is 13.2. The summed E-state index contributed by atoms with van der Waals surface area (Å²) < 4.78 is 1.68. The highest BCUT2D eigenvalue weighted by Crippen LogP contribution is 2.32. The van der Waals surface area contributed by atoms with Crippen LogP contribution >= 0.6 is 31.9 Å². The molecule has 0 fully saturated rings. The molecule has 17 heavy (non-hydrogen) atoms. The number of carbonyl (C=O) groups is 1. The van der Waals surface area contributed by atoms with Crippen LogP contribution in [0, 0.1) is 12.8 Å². The molecular formula is C12H16Br2N2O. The third-order valence-electron chi connectivity index (χ3n) is 2.46. The van der Waals surface area contributed by atoms with E-state index in [-0.39, 0.29) is 11.8 Å². The number of carbonyl (C=O) groups excluding carboxylic acids is 1. The summed E-state index contributed by atoms with van der Waals surface area (Å²) in [4.78, 5) is 11.9. The number of hydrogen-bond acceptors (Lipinski definition) is 2. The number of anilines is 1. The van der Waals surface area contributed by atoms with E-state index in [1.807, 2.05) is 32.9 Å². The van der Waals surface area contributed by atoms with Crippen LogP contribution in [0.1, 0.15) is 19.4 Å². The molecular weight excluding hydrogens is 348 g/mol. The first-order valence-corrected chi connectivity index (χ1v) is 6.93. The summed E-state index contributed by atoms with van der Waals surface area (Å²) in [7, 11) is 0. The maximum Gasteiger partial charge on any atom is 0.241 e. The number of aryl methyl sites for hydroxylation is 1. The van der Waals surface area contributed by atoms with Crippen LogP contribution in [0.5, 0.6) is 0 Å². The summed E-state index contributed by atoms with van der Waals surface area (Å²) >= 11 is 6.85. The second-order valence-electron chi connectivity index (χ2n) is 4.36. The van der Waals surface area contributed by atoms with E-state index in [2.05, 4.69) is 37.2 Å². The Hall–Kier alpha value is -0.390. The summed E-state index contributed by atoms with van der Waals surface area (Å²) in [6.45, 7) is 5.83. The van der Waals surface area contributed by atoms with Crippen molar-refractivity contribution in [3.8, 4) is 0 Å². The Morgan fingerprint density at radius 3 is 2.18 bits per heavy atom. The Bertz CT molecular complexity index is 410. The third-order valence-corrected chi connectivity index (χ3v) is 3.71. The zero-order valence-corrected chi connectivity index (χ0v) is 13.2. The van der Waals surface area contributed by atoms with Crippen molar-refractivity contribution in [1.82, 2.24) is 0 Å². The van der Waals surface area contributed by atoms with E-state index >= 15 is 0 Å². The number of benzene rings is 1. The minimum absolute atomic E-state index is 0.109. The van der Waals surface area contributed by atoms with Crippen LogP contribution in [0.15, 0.2) is 21.1 Å². The molecule has 0 spiro atoms. The minimum atomic E-state index is -0.505. The molecule has 1 atom stereocenters. The second-order valence-corrected chi connectivity index (χ2v) is 6.07. The fraction of sp³-hybridized carbons (Fsp3) is 0.417. The van der Waals surface area contributed by atoms with Crippen molar-refractivity contribution >= 4 is 43.5 Å². The van der Waals surface area contributed by atoms with E-state index in [4.69, 9.17) is 5.73 Å². The molecule has 0 aromatic heterocycles. The van der Waals surface area contributed by atoms with Gasteiger partial charge in [0.25, 0.3) is 0 Å². The highest BCUT2D eigenvalue weighted by atomic mass is 79.9. The molecule has 0 aliphatic carbocycles. The fourth-order valence-corrected chi connectivity index (χ4v) is 2.94. The molecule has 0 aliphatic heterocycles. The molecule has 1 aromatic carbocycles. The van der Waals surface area contributed by atoms with Gasteiger partial charge in [-0.3, -0.25) is 4.79 Å². The number of halogens is 2. The standard InChI is InChI=1S/C12H16Br2N2O/c1-6(2)10(15)12(17)16-11-8(13)4-7(3)5-9(11)14/h4-6,10H,15H2,1-3H3,(H,16,17). The van der Waals surface area contributed by atoms with Gasteiger partial charge in [-0.15, -0.1) is 0 Å². The number of nitrogens with two attached hydrogens (primary N) is 1. The van der Waals surface area contributed by atoms with Crippen molar-refractivity contribution in [2.75, 3.05) is 5.32 Å². The number of amides is 1. The zero-order valence-electron chi connectivity index (χ0n) is 10.1. The van der Waals surface area contributed by atoms with Crippen LogP contribution in [0.3, 0.4) is 0 Å². The van der Waals surface area contributed by atoms with Crippen LogP contribution in [0.25, 0.3) is 0 Å². The highest BCUT2D eigenvalue weighted by molar-refractivity contribution is 9.11. The third kappa shape index (κ3) is 3.79. The quantitative estimate of drug-likeness (QED) is 0.864. The number of rotatable bonds is 3. The lowest BCUT2D eigenvalue weighted by atomic mass is 10.0. The molecule has 0 bridgehead atoms. The van der Waals surface area contributed by atoms with Gasteiger partial charge < -0.3 is 11.1 Å². The van der Waals surface area contributed by atoms with E-state index in [1.54, 1.807) is 0 Å². The molecule has 1 rings (SSSR count). The van der Waals surface area contributed by atoms with Crippen molar-refractivity contribution < 1.29 is 4.79 Å². The largest absolute Gasteiger partial charge is 0.323 e. The molecule has 3 N–H and O–H groups in total. The Balaban J connectivity index is 2.93. The lowest BCUT2D eigenvalue weighted by Gasteiger charge is -2.17. The Morgan fingerprint density at radius 2 is 1.76 bits per heavy atom. The summed E-state index contributed by atoms with van der Waals surface area (Å²) in [5, 5.41) is 2.83. The van der Waals surface area contributed by atoms with E-state index in [1.165, 1.54) is 0 Å². The maximum atomic E-state index is 11.9. The molecule has 0 heterocycles. The van der Waals surface area contributed by atoms with E-state index in [0.717, 1.165) is 20.2 Å². The lowest BCUT2D eigenvalue weighted by Crippen LogP contribution is -2.39. The topological polar surface area (TPSA) is 55.1 Å². The summed E-state index contributed by atoms with van der Waals surface area (Å²) in [6.07, 6.45) is 0. The summed E-state index contributed by atoms with van der Waals surface area (Å²) in [6, 6.07) is 3.39. The second kappa shape index (κ2) is 5.98. The van der Waals surface area contributed by atoms with Gasteiger partial charge in [0.2, 0.25) is 5.91 Å². The molecule has 0 saturated carbocycles. The van der Waals surface area contributed by atoms with Gasteiger partial charge in [0.05, 0.1) is 11.7 Å². The molecule has 1 amide bonds. The predicted molar refractivity (Wildman–Crippen MR) is 78.0 cm³/mol. The molecule has 1 unspecified atom stereocenters. The molecule has 0 saturated heterocycles. The normalized spacial score (nSPS) is 12.6. The van der Waals surface area contributed by atoms with Crippen molar-refractivity contribution in [3.63, 3.8) is 0 Å². The van der Waals surface area contributed by atoms with Crippen LogP contribution in [-0.2, 0) is 4.79 Å². The smallest absolute Gasteiger partial charge is 0.241 e. The molecule has 1 aromatic rings. The van der Waals surface area contributed by atoms with Crippen molar-refractivity contribution in [2.45, 2.75) is 26.8 Å². The lowest BCUT2D eigenvalue weighted by molar-refractivity contribution is -0.118. The molecule has 0 aliphatic rings.